The van der Waals surface area contributed by atoms with Crippen molar-refractivity contribution < 1.29 is 27.4 Å². The zero-order chi connectivity index (χ0) is 25.9. The number of nitrogens with zero attached hydrogens (tertiary/aromatic N) is 3. The number of carbonyl (C=O) groups is 1. The minimum Gasteiger partial charge on any atom is -0.410 e. The molecule has 7 nitrogen and oxygen atoms in total. The molecule has 1 N–H and O–H groups in total. The number of anilines is 2. The van der Waals surface area contributed by atoms with Crippen LogP contribution in [0.5, 0.6) is 5.75 Å². The Hall–Kier alpha value is -4.10. The number of nitrogens with one attached hydrogen (secondary N) is 1. The zero-order valence-electron chi connectivity index (χ0n) is 19.5. The van der Waals surface area contributed by atoms with Gasteiger partial charge in [0, 0.05) is 13.1 Å². The summed E-state index contributed by atoms with van der Waals surface area (Å²) in [5.74, 6) is 0.673. The van der Waals surface area contributed by atoms with Gasteiger partial charge >= 0.3 is 12.3 Å². The van der Waals surface area contributed by atoms with Crippen molar-refractivity contribution in [3.8, 4) is 22.9 Å². The first-order valence-corrected chi connectivity index (χ1v) is 11.2. The number of halogens is 3. The van der Waals surface area contributed by atoms with E-state index >= 15 is 0 Å². The Kier molecular flexibility index (Phi) is 7.12. The molecule has 2 atom stereocenters. The van der Waals surface area contributed by atoms with E-state index in [1.54, 1.807) is 12.1 Å². The highest BCUT2D eigenvalue weighted by atomic mass is 19.4. The van der Waals surface area contributed by atoms with Crippen molar-refractivity contribution in [3.63, 3.8) is 0 Å². The number of hydrogen-bond acceptors (Lipinski definition) is 6. The Morgan fingerprint density at radius 2 is 1.81 bits per heavy atom. The molecule has 4 rings (SSSR count). The minimum atomic E-state index is -4.62. The van der Waals surface area contributed by atoms with Crippen LogP contribution in [-0.2, 0) is 10.9 Å². The third-order valence-corrected chi connectivity index (χ3v) is 5.57. The monoisotopic (exact) mass is 496 g/mol. The largest absolute Gasteiger partial charge is 0.417 e. The Bertz CT molecular complexity index is 1260. The summed E-state index contributed by atoms with van der Waals surface area (Å²) in [5.41, 5.74) is -0.129. The highest BCUT2D eigenvalue weighted by Crippen LogP contribution is 2.39. The van der Waals surface area contributed by atoms with Crippen LogP contribution in [0.2, 0.25) is 0 Å². The fraction of sp³-hybridized carbons (Fsp3) is 0.269. The molecule has 0 spiro atoms. The summed E-state index contributed by atoms with van der Waals surface area (Å²) in [6, 6.07) is 14.1. The van der Waals surface area contributed by atoms with E-state index in [0.717, 1.165) is 24.0 Å². The molecule has 1 saturated heterocycles. The second-order valence-electron chi connectivity index (χ2n) is 8.48. The number of benzene rings is 2. The average molecular weight is 496 g/mol. The van der Waals surface area contributed by atoms with E-state index in [2.05, 4.69) is 15.2 Å². The van der Waals surface area contributed by atoms with Gasteiger partial charge in [0.2, 0.25) is 0 Å². The number of amides is 1. The SMILES string of the molecule is CC1CN(c2ccc(NC(=O)Oc3ccc(C(F)(F)F)c(-c4ccc(C#N)cc4)c3)cn2)CC(C)O1. The van der Waals surface area contributed by atoms with Crippen molar-refractivity contribution in [3.05, 3.63) is 71.9 Å². The number of pyridine rings is 1. The molecule has 2 heterocycles. The molecule has 1 amide bonds. The maximum Gasteiger partial charge on any atom is 0.417 e. The fourth-order valence-electron chi connectivity index (χ4n) is 4.06. The van der Waals surface area contributed by atoms with Gasteiger partial charge in [-0.2, -0.15) is 18.4 Å². The normalized spacial score (nSPS) is 17.8. The molecule has 1 aliphatic rings. The van der Waals surface area contributed by atoms with Crippen LogP contribution < -0.4 is 15.0 Å². The van der Waals surface area contributed by atoms with E-state index < -0.39 is 17.8 Å². The quantitative estimate of drug-likeness (QED) is 0.487. The first-order valence-electron chi connectivity index (χ1n) is 11.2. The van der Waals surface area contributed by atoms with E-state index in [1.807, 2.05) is 19.9 Å². The summed E-state index contributed by atoms with van der Waals surface area (Å²) in [7, 11) is 0. The molecule has 10 heteroatoms. The number of alkyl halides is 3. The van der Waals surface area contributed by atoms with Crippen LogP contribution in [-0.4, -0.2) is 36.4 Å². The van der Waals surface area contributed by atoms with Gasteiger partial charge in [0.1, 0.15) is 11.6 Å². The molecule has 0 saturated carbocycles. The van der Waals surface area contributed by atoms with Crippen LogP contribution in [0.4, 0.5) is 29.5 Å². The van der Waals surface area contributed by atoms with Crippen LogP contribution in [0.25, 0.3) is 11.1 Å². The molecular weight excluding hydrogens is 473 g/mol. The number of aromatic nitrogens is 1. The van der Waals surface area contributed by atoms with Gasteiger partial charge in [-0.3, -0.25) is 5.32 Å². The number of ether oxygens (including phenoxy) is 2. The first kappa shape index (κ1) is 25.0. The smallest absolute Gasteiger partial charge is 0.410 e. The summed E-state index contributed by atoms with van der Waals surface area (Å²) in [6.45, 7) is 5.37. The summed E-state index contributed by atoms with van der Waals surface area (Å²) in [4.78, 5) is 18.9. The summed E-state index contributed by atoms with van der Waals surface area (Å²) >= 11 is 0. The van der Waals surface area contributed by atoms with Crippen molar-refractivity contribution in [2.45, 2.75) is 32.2 Å². The van der Waals surface area contributed by atoms with Gasteiger partial charge in [0.25, 0.3) is 0 Å². The topological polar surface area (TPSA) is 87.5 Å². The summed E-state index contributed by atoms with van der Waals surface area (Å²) < 4.78 is 51.7. The lowest BCUT2D eigenvalue weighted by Crippen LogP contribution is -2.45. The van der Waals surface area contributed by atoms with Crippen molar-refractivity contribution >= 4 is 17.6 Å². The molecule has 1 aliphatic heterocycles. The van der Waals surface area contributed by atoms with Gasteiger partial charge in [0.15, 0.2) is 0 Å². The molecule has 0 bridgehead atoms. The average Bonchev–Trinajstić information content (AvgIpc) is 2.83. The summed E-state index contributed by atoms with van der Waals surface area (Å²) in [6.07, 6.45) is -3.87. The van der Waals surface area contributed by atoms with Gasteiger partial charge in [0.05, 0.1) is 41.3 Å². The molecule has 2 unspecified atom stereocenters. The van der Waals surface area contributed by atoms with Crippen LogP contribution in [0.1, 0.15) is 25.0 Å². The van der Waals surface area contributed by atoms with Crippen molar-refractivity contribution in [2.24, 2.45) is 0 Å². The van der Waals surface area contributed by atoms with E-state index in [-0.39, 0.29) is 29.1 Å². The van der Waals surface area contributed by atoms with Crippen molar-refractivity contribution in [1.29, 1.82) is 5.26 Å². The first-order chi connectivity index (χ1) is 17.1. The molecule has 186 valence electrons. The minimum absolute atomic E-state index is 0.0688. The van der Waals surface area contributed by atoms with Gasteiger partial charge in [-0.15, -0.1) is 0 Å². The molecule has 1 fully saturated rings. The molecule has 1 aromatic heterocycles. The predicted molar refractivity (Wildman–Crippen MR) is 128 cm³/mol. The van der Waals surface area contributed by atoms with Gasteiger partial charge in [-0.1, -0.05) is 12.1 Å². The Labute approximate surface area is 206 Å². The highest BCUT2D eigenvalue weighted by molar-refractivity contribution is 5.86. The second kappa shape index (κ2) is 10.3. The second-order valence-corrected chi connectivity index (χ2v) is 8.48. The number of carbonyl (C=O) groups excluding carboxylic acids is 1. The lowest BCUT2D eigenvalue weighted by molar-refractivity contribution is -0.137. The Morgan fingerprint density at radius 3 is 2.39 bits per heavy atom. The number of nitriles is 1. The van der Waals surface area contributed by atoms with Gasteiger partial charge < -0.3 is 14.4 Å². The lowest BCUT2D eigenvalue weighted by atomic mass is 9.98. The van der Waals surface area contributed by atoms with Crippen LogP contribution in [0.15, 0.2) is 60.8 Å². The van der Waals surface area contributed by atoms with Crippen LogP contribution in [0, 0.1) is 11.3 Å². The van der Waals surface area contributed by atoms with E-state index in [9.17, 15) is 18.0 Å². The molecule has 0 radical (unpaired) electrons. The Balaban J connectivity index is 1.48. The molecule has 3 aromatic rings. The van der Waals surface area contributed by atoms with Crippen molar-refractivity contribution in [1.82, 2.24) is 4.98 Å². The van der Waals surface area contributed by atoms with Crippen LogP contribution in [0.3, 0.4) is 0 Å². The van der Waals surface area contributed by atoms with Gasteiger partial charge in [-0.05, 0) is 67.4 Å². The maximum atomic E-state index is 13.6. The van der Waals surface area contributed by atoms with Crippen LogP contribution >= 0.6 is 0 Å². The van der Waals surface area contributed by atoms with E-state index in [4.69, 9.17) is 14.7 Å². The third-order valence-electron chi connectivity index (χ3n) is 5.57. The number of hydrogen-bond donors (Lipinski definition) is 1. The fourth-order valence-corrected chi connectivity index (χ4v) is 4.06. The van der Waals surface area contributed by atoms with Crippen molar-refractivity contribution in [2.75, 3.05) is 23.3 Å². The number of morpholine rings is 1. The Morgan fingerprint density at radius 1 is 1.11 bits per heavy atom. The highest BCUT2D eigenvalue weighted by Gasteiger charge is 2.34. The summed E-state index contributed by atoms with van der Waals surface area (Å²) in [5, 5.41) is 11.5. The van der Waals surface area contributed by atoms with Gasteiger partial charge in [-0.25, -0.2) is 9.78 Å². The predicted octanol–water partition coefficient (Wildman–Crippen LogP) is 5.86. The molecule has 2 aromatic carbocycles. The zero-order valence-corrected chi connectivity index (χ0v) is 19.5. The molecular formula is C26H23F3N4O3. The van der Waals surface area contributed by atoms with E-state index in [1.165, 1.54) is 30.5 Å². The third kappa shape index (κ3) is 5.93. The number of rotatable bonds is 4. The van der Waals surface area contributed by atoms with E-state index in [0.29, 0.717) is 24.3 Å². The molecule has 36 heavy (non-hydrogen) atoms. The lowest BCUT2D eigenvalue weighted by Gasteiger charge is -2.36. The maximum absolute atomic E-state index is 13.6. The standard InChI is InChI=1S/C26H23F3N4O3/c1-16-14-33(15-17(2)35-16)24-10-7-20(13-31-24)32-25(34)36-21-8-9-23(26(27,28)29)22(11-21)19-5-3-18(12-30)4-6-19/h3-11,13,16-17H,14-15H2,1-2H3,(H,32,34). The molecule has 0 aliphatic carbocycles.